The van der Waals surface area contributed by atoms with E-state index in [4.69, 9.17) is 38.9 Å². The molecule has 15 N–H and O–H groups in total. The van der Waals surface area contributed by atoms with Crippen LogP contribution >= 0.6 is 0 Å². The van der Waals surface area contributed by atoms with Crippen LogP contribution in [0.25, 0.3) is 0 Å². The van der Waals surface area contributed by atoms with Gasteiger partial charge in [-0.15, -0.1) is 0 Å². The van der Waals surface area contributed by atoms with Crippen LogP contribution in [-0.4, -0.2) is 88.4 Å². The van der Waals surface area contributed by atoms with E-state index in [0.717, 1.165) is 0 Å². The molecule has 0 aromatic rings. The first kappa shape index (κ1) is 32.5. The SMILES string of the molecule is NC(=O)CC(NC(=O)C(CC(N)=O)NC(=O)C(CCC(=O)O)NC(=O)C(N)CCCN=C(N)N)C(=O)O. The molecular weight excluding hydrogens is 498 g/mol. The maximum absolute atomic E-state index is 12.8. The molecule has 0 aromatic heterocycles. The molecule has 18 nitrogen and oxygen atoms in total. The summed E-state index contributed by atoms with van der Waals surface area (Å²) in [6.07, 6.45) is -2.13. The average Bonchev–Trinajstić information content (AvgIpc) is 2.76. The van der Waals surface area contributed by atoms with Gasteiger partial charge in [-0.25, -0.2) is 4.79 Å². The Bertz CT molecular complexity index is 905. The molecule has 0 saturated carbocycles. The van der Waals surface area contributed by atoms with E-state index < -0.39 is 91.3 Å². The number of nitrogens with two attached hydrogens (primary N) is 5. The summed E-state index contributed by atoms with van der Waals surface area (Å²) in [5.41, 5.74) is 26.2. The molecule has 5 amide bonds. The molecule has 0 spiro atoms. The Labute approximate surface area is 210 Å². The molecule has 4 unspecified atom stereocenters. The lowest BCUT2D eigenvalue weighted by atomic mass is 10.1. The van der Waals surface area contributed by atoms with Crippen molar-refractivity contribution in [1.29, 1.82) is 0 Å². The van der Waals surface area contributed by atoms with Crippen molar-refractivity contribution in [3.05, 3.63) is 0 Å². The third kappa shape index (κ3) is 14.5. The lowest BCUT2D eigenvalue weighted by Crippen LogP contribution is -2.58. The molecule has 18 heteroatoms. The fourth-order valence-corrected chi connectivity index (χ4v) is 2.82. The predicted octanol–water partition coefficient (Wildman–Crippen LogP) is -5.48. The summed E-state index contributed by atoms with van der Waals surface area (Å²) in [5, 5.41) is 24.5. The number of primary amides is 2. The fourth-order valence-electron chi connectivity index (χ4n) is 2.82. The number of amides is 5. The zero-order valence-corrected chi connectivity index (χ0v) is 19.8. The molecule has 0 heterocycles. The average molecular weight is 532 g/mol. The van der Waals surface area contributed by atoms with E-state index in [1.807, 2.05) is 5.32 Å². The van der Waals surface area contributed by atoms with Crippen LogP contribution in [0.15, 0.2) is 4.99 Å². The molecule has 0 aliphatic rings. The minimum absolute atomic E-state index is 0.110. The Morgan fingerprint density at radius 1 is 0.703 bits per heavy atom. The van der Waals surface area contributed by atoms with E-state index in [1.165, 1.54) is 0 Å². The number of guanidine groups is 1. The standard InChI is InChI=1S/C19H33N9O9/c20-8(2-1-5-25-19(23)24)15(33)26-9(3-4-14(31)32)16(34)27-10(6-12(21)29)17(35)28-11(18(36)37)7-13(22)30/h8-11H,1-7,20H2,(H2,21,29)(H2,22,30)(H,26,33)(H,27,34)(H,28,35)(H,31,32)(H,36,37)(H4,23,24,25). The summed E-state index contributed by atoms with van der Waals surface area (Å²) in [6, 6.07) is -6.12. The first-order valence-electron chi connectivity index (χ1n) is 10.9. The van der Waals surface area contributed by atoms with E-state index in [2.05, 4.69) is 15.6 Å². The number of hydrogen-bond donors (Lipinski definition) is 10. The number of aliphatic imine (C=N–C) groups is 1. The number of hydrogen-bond acceptors (Lipinski definition) is 9. The molecule has 0 radical (unpaired) electrons. The molecule has 4 atom stereocenters. The quantitative estimate of drug-likeness (QED) is 0.0449. The van der Waals surface area contributed by atoms with Crippen LogP contribution in [0.2, 0.25) is 0 Å². The fraction of sp³-hybridized carbons (Fsp3) is 0.579. The van der Waals surface area contributed by atoms with Gasteiger partial charge in [0.15, 0.2) is 5.96 Å². The Kier molecular flexibility index (Phi) is 14.3. The zero-order valence-electron chi connectivity index (χ0n) is 19.8. The Morgan fingerprint density at radius 2 is 1.19 bits per heavy atom. The smallest absolute Gasteiger partial charge is 0.326 e. The van der Waals surface area contributed by atoms with Gasteiger partial charge in [-0.3, -0.25) is 33.8 Å². The zero-order chi connectivity index (χ0) is 28.7. The second-order valence-corrected chi connectivity index (χ2v) is 7.85. The van der Waals surface area contributed by atoms with E-state index in [0.29, 0.717) is 6.42 Å². The maximum Gasteiger partial charge on any atom is 0.326 e. The van der Waals surface area contributed by atoms with Crippen molar-refractivity contribution in [2.45, 2.75) is 62.7 Å². The molecular formula is C19H33N9O9. The number of carboxylic acid groups (broad SMARTS) is 2. The highest BCUT2D eigenvalue weighted by Crippen LogP contribution is 2.04. The van der Waals surface area contributed by atoms with Gasteiger partial charge in [0.05, 0.1) is 18.9 Å². The Morgan fingerprint density at radius 3 is 1.68 bits per heavy atom. The lowest BCUT2D eigenvalue weighted by Gasteiger charge is -2.24. The summed E-state index contributed by atoms with van der Waals surface area (Å²) in [4.78, 5) is 86.3. The largest absolute Gasteiger partial charge is 0.481 e. The predicted molar refractivity (Wildman–Crippen MR) is 126 cm³/mol. The van der Waals surface area contributed by atoms with Gasteiger partial charge in [-0.1, -0.05) is 0 Å². The third-order valence-corrected chi connectivity index (χ3v) is 4.64. The summed E-state index contributed by atoms with van der Waals surface area (Å²) < 4.78 is 0. The molecule has 0 aliphatic carbocycles. The first-order valence-corrected chi connectivity index (χ1v) is 10.9. The van der Waals surface area contributed by atoms with Gasteiger partial charge in [-0.2, -0.15) is 0 Å². The normalized spacial score (nSPS) is 13.6. The highest BCUT2D eigenvalue weighted by atomic mass is 16.4. The number of carbonyl (C=O) groups is 7. The van der Waals surface area contributed by atoms with Crippen LogP contribution < -0.4 is 44.6 Å². The summed E-state index contributed by atoms with van der Waals surface area (Å²) in [7, 11) is 0. The van der Waals surface area contributed by atoms with Crippen molar-refractivity contribution in [3.63, 3.8) is 0 Å². The number of nitrogens with one attached hydrogen (secondary N) is 3. The topological polar surface area (TPSA) is 338 Å². The molecule has 0 bridgehead atoms. The molecule has 0 aliphatic heterocycles. The molecule has 0 rings (SSSR count). The highest BCUT2D eigenvalue weighted by Gasteiger charge is 2.32. The minimum Gasteiger partial charge on any atom is -0.481 e. The van der Waals surface area contributed by atoms with Crippen molar-refractivity contribution in [2.24, 2.45) is 33.7 Å². The Balaban J connectivity index is 5.52. The molecule has 37 heavy (non-hydrogen) atoms. The van der Waals surface area contributed by atoms with Crippen molar-refractivity contribution in [3.8, 4) is 0 Å². The van der Waals surface area contributed by atoms with Crippen LogP contribution in [0.1, 0.15) is 38.5 Å². The van der Waals surface area contributed by atoms with Gasteiger partial charge in [0.25, 0.3) is 0 Å². The van der Waals surface area contributed by atoms with Crippen LogP contribution in [0.3, 0.4) is 0 Å². The molecule has 0 aromatic carbocycles. The van der Waals surface area contributed by atoms with Gasteiger partial charge in [-0.05, 0) is 19.3 Å². The third-order valence-electron chi connectivity index (χ3n) is 4.64. The second-order valence-electron chi connectivity index (χ2n) is 7.85. The lowest BCUT2D eigenvalue weighted by molar-refractivity contribution is -0.144. The van der Waals surface area contributed by atoms with Gasteiger partial charge in [0.1, 0.15) is 18.1 Å². The van der Waals surface area contributed by atoms with Gasteiger partial charge >= 0.3 is 11.9 Å². The minimum atomic E-state index is -1.77. The van der Waals surface area contributed by atoms with Crippen LogP contribution in [0, 0.1) is 0 Å². The van der Waals surface area contributed by atoms with Crippen molar-refractivity contribution in [2.75, 3.05) is 6.54 Å². The van der Waals surface area contributed by atoms with E-state index in [9.17, 15) is 33.6 Å². The van der Waals surface area contributed by atoms with Crippen molar-refractivity contribution in [1.82, 2.24) is 16.0 Å². The first-order chi connectivity index (χ1) is 17.1. The van der Waals surface area contributed by atoms with Gasteiger partial charge in [0.2, 0.25) is 29.5 Å². The number of rotatable bonds is 18. The van der Waals surface area contributed by atoms with E-state index in [-0.39, 0.29) is 18.9 Å². The number of aliphatic carboxylic acids is 2. The van der Waals surface area contributed by atoms with Crippen LogP contribution in [-0.2, 0) is 33.6 Å². The number of carbonyl (C=O) groups excluding carboxylic acids is 5. The summed E-state index contributed by atoms with van der Waals surface area (Å²) >= 11 is 0. The maximum atomic E-state index is 12.8. The summed E-state index contributed by atoms with van der Waals surface area (Å²) in [5.74, 6) is -8.26. The monoisotopic (exact) mass is 531 g/mol. The van der Waals surface area contributed by atoms with Crippen LogP contribution in [0.5, 0.6) is 0 Å². The van der Waals surface area contributed by atoms with Crippen molar-refractivity contribution < 1.29 is 43.8 Å². The van der Waals surface area contributed by atoms with Crippen molar-refractivity contribution >= 4 is 47.4 Å². The Hall–Kier alpha value is -4.48. The van der Waals surface area contributed by atoms with E-state index in [1.54, 1.807) is 0 Å². The van der Waals surface area contributed by atoms with Gasteiger partial charge < -0.3 is 54.8 Å². The van der Waals surface area contributed by atoms with E-state index >= 15 is 0 Å². The number of carboxylic acids is 2. The molecule has 0 saturated heterocycles. The van der Waals surface area contributed by atoms with Gasteiger partial charge in [0, 0.05) is 13.0 Å². The summed E-state index contributed by atoms with van der Waals surface area (Å²) in [6.45, 7) is 0.184. The van der Waals surface area contributed by atoms with Crippen LogP contribution in [0.4, 0.5) is 0 Å². The second kappa shape index (κ2) is 16.2. The number of nitrogens with zero attached hydrogens (tertiary/aromatic N) is 1. The molecule has 208 valence electrons. The molecule has 0 fully saturated rings. The highest BCUT2D eigenvalue weighted by molar-refractivity contribution is 5.96.